The lowest BCUT2D eigenvalue weighted by Gasteiger charge is -2.07. The fraction of sp³-hybridized carbons (Fsp3) is 0. The van der Waals surface area contributed by atoms with Gasteiger partial charge in [0.1, 0.15) is 11.3 Å². The quantitative estimate of drug-likeness (QED) is 0.310. The van der Waals surface area contributed by atoms with E-state index in [-0.39, 0.29) is 11.0 Å². The number of thiocarbonyl (C=S) groups is 1. The van der Waals surface area contributed by atoms with Crippen molar-refractivity contribution in [2.45, 2.75) is 0 Å². The SMILES string of the molecule is O=C(/C=C/c1ccco1)NC(=S)Nc1ccc2oc(-c3cccc(Br)c3)nc2c1. The molecular weight excluding hydrogens is 454 g/mol. The number of halogens is 1. The summed E-state index contributed by atoms with van der Waals surface area (Å²) in [6.45, 7) is 0. The van der Waals surface area contributed by atoms with Crippen LogP contribution in [0.2, 0.25) is 0 Å². The van der Waals surface area contributed by atoms with Crippen LogP contribution in [-0.2, 0) is 4.79 Å². The molecule has 0 fully saturated rings. The Morgan fingerprint density at radius 2 is 2.03 bits per heavy atom. The van der Waals surface area contributed by atoms with Crippen LogP contribution in [0, 0.1) is 0 Å². The number of carbonyl (C=O) groups is 1. The van der Waals surface area contributed by atoms with E-state index in [2.05, 4.69) is 31.5 Å². The first-order valence-corrected chi connectivity index (χ1v) is 9.77. The van der Waals surface area contributed by atoms with E-state index < -0.39 is 0 Å². The van der Waals surface area contributed by atoms with Crippen LogP contribution in [0.1, 0.15) is 5.76 Å². The van der Waals surface area contributed by atoms with Gasteiger partial charge in [-0.2, -0.15) is 0 Å². The highest BCUT2D eigenvalue weighted by molar-refractivity contribution is 9.10. The summed E-state index contributed by atoms with van der Waals surface area (Å²) in [6.07, 6.45) is 4.44. The number of oxazole rings is 1. The summed E-state index contributed by atoms with van der Waals surface area (Å²) in [6, 6.07) is 16.6. The zero-order chi connectivity index (χ0) is 20.2. The van der Waals surface area contributed by atoms with Crippen molar-refractivity contribution in [1.82, 2.24) is 10.3 Å². The molecule has 4 rings (SSSR count). The standard InChI is InChI=1S/C21H14BrN3O3S/c22-14-4-1-3-13(11-14)20-24-17-12-15(6-8-18(17)28-20)23-21(29)25-19(26)9-7-16-5-2-10-27-16/h1-12H,(H2,23,25,26,29)/b9-7+. The molecule has 4 aromatic rings. The van der Waals surface area contributed by atoms with Crippen molar-refractivity contribution < 1.29 is 13.6 Å². The molecule has 0 radical (unpaired) electrons. The van der Waals surface area contributed by atoms with Crippen molar-refractivity contribution in [1.29, 1.82) is 0 Å². The first-order valence-electron chi connectivity index (χ1n) is 8.57. The zero-order valence-electron chi connectivity index (χ0n) is 14.9. The number of nitrogens with one attached hydrogen (secondary N) is 2. The smallest absolute Gasteiger partial charge is 0.250 e. The highest BCUT2D eigenvalue weighted by atomic mass is 79.9. The number of amides is 1. The molecule has 2 N–H and O–H groups in total. The van der Waals surface area contributed by atoms with Gasteiger partial charge in [-0.15, -0.1) is 0 Å². The molecule has 2 heterocycles. The summed E-state index contributed by atoms with van der Waals surface area (Å²) in [5.74, 6) is 0.743. The number of carbonyl (C=O) groups excluding carboxylic acids is 1. The highest BCUT2D eigenvalue weighted by Gasteiger charge is 2.10. The Balaban J connectivity index is 1.44. The van der Waals surface area contributed by atoms with Crippen LogP contribution in [0.5, 0.6) is 0 Å². The van der Waals surface area contributed by atoms with Crippen molar-refractivity contribution >= 4 is 62.0 Å². The number of rotatable bonds is 4. The monoisotopic (exact) mass is 467 g/mol. The second-order valence-electron chi connectivity index (χ2n) is 6.00. The lowest BCUT2D eigenvalue weighted by atomic mass is 10.2. The molecule has 8 heteroatoms. The van der Waals surface area contributed by atoms with Crippen molar-refractivity contribution in [2.24, 2.45) is 0 Å². The molecule has 29 heavy (non-hydrogen) atoms. The van der Waals surface area contributed by atoms with Crippen molar-refractivity contribution in [2.75, 3.05) is 5.32 Å². The van der Waals surface area contributed by atoms with Gasteiger partial charge >= 0.3 is 0 Å². The number of hydrogen-bond donors (Lipinski definition) is 2. The molecule has 0 aliphatic carbocycles. The Hall–Kier alpha value is -3.23. The van der Waals surface area contributed by atoms with Gasteiger partial charge in [-0.25, -0.2) is 4.98 Å². The summed E-state index contributed by atoms with van der Waals surface area (Å²) in [5.41, 5.74) is 2.89. The summed E-state index contributed by atoms with van der Waals surface area (Å²) in [7, 11) is 0. The zero-order valence-corrected chi connectivity index (χ0v) is 17.3. The van der Waals surface area contributed by atoms with E-state index in [0.29, 0.717) is 28.4 Å². The minimum absolute atomic E-state index is 0.175. The lowest BCUT2D eigenvalue weighted by molar-refractivity contribution is -0.115. The predicted octanol–water partition coefficient (Wildman–Crippen LogP) is 5.38. The van der Waals surface area contributed by atoms with Crippen LogP contribution in [0.25, 0.3) is 28.6 Å². The maximum atomic E-state index is 11.9. The number of benzene rings is 2. The number of furan rings is 1. The van der Waals surface area contributed by atoms with Gasteiger partial charge < -0.3 is 14.2 Å². The molecule has 0 aliphatic rings. The van der Waals surface area contributed by atoms with Gasteiger partial charge in [0, 0.05) is 21.8 Å². The molecule has 0 saturated heterocycles. The third-order valence-electron chi connectivity index (χ3n) is 3.90. The summed E-state index contributed by atoms with van der Waals surface area (Å²) in [5, 5.41) is 5.72. The molecule has 2 aromatic carbocycles. The molecular formula is C21H14BrN3O3S. The maximum Gasteiger partial charge on any atom is 0.250 e. The first kappa shape index (κ1) is 19.1. The second kappa shape index (κ2) is 8.42. The summed E-state index contributed by atoms with van der Waals surface area (Å²) < 4.78 is 11.9. The van der Waals surface area contributed by atoms with Crippen LogP contribution < -0.4 is 10.6 Å². The first-order chi connectivity index (χ1) is 14.1. The topological polar surface area (TPSA) is 80.3 Å². The number of aromatic nitrogens is 1. The Labute approximate surface area is 179 Å². The number of hydrogen-bond acceptors (Lipinski definition) is 5. The number of anilines is 1. The molecule has 0 bridgehead atoms. The molecule has 0 saturated carbocycles. The summed E-state index contributed by atoms with van der Waals surface area (Å²) >= 11 is 8.64. The van der Waals surface area contributed by atoms with Gasteiger partial charge in [-0.05, 0) is 66.8 Å². The Morgan fingerprint density at radius 3 is 2.83 bits per heavy atom. The van der Waals surface area contributed by atoms with Crippen LogP contribution in [0.4, 0.5) is 5.69 Å². The third kappa shape index (κ3) is 4.79. The molecule has 6 nitrogen and oxygen atoms in total. The van der Waals surface area contributed by atoms with Gasteiger partial charge in [-0.1, -0.05) is 22.0 Å². The maximum absolute atomic E-state index is 11.9. The third-order valence-corrected chi connectivity index (χ3v) is 4.59. The molecule has 0 spiro atoms. The summed E-state index contributed by atoms with van der Waals surface area (Å²) in [4.78, 5) is 16.5. The van der Waals surface area contributed by atoms with Gasteiger partial charge in [-0.3, -0.25) is 10.1 Å². The van der Waals surface area contributed by atoms with Crippen LogP contribution >= 0.6 is 28.1 Å². The number of fused-ring (bicyclic) bond motifs is 1. The van der Waals surface area contributed by atoms with E-state index >= 15 is 0 Å². The van der Waals surface area contributed by atoms with Crippen molar-refractivity contribution in [3.8, 4) is 11.5 Å². The molecule has 0 atom stereocenters. The second-order valence-corrected chi connectivity index (χ2v) is 7.33. The predicted molar refractivity (Wildman–Crippen MR) is 119 cm³/mol. The molecule has 2 aromatic heterocycles. The molecule has 0 aliphatic heterocycles. The van der Waals surface area contributed by atoms with Crippen LogP contribution in [0.3, 0.4) is 0 Å². The van der Waals surface area contributed by atoms with Gasteiger partial charge in [0.2, 0.25) is 11.8 Å². The van der Waals surface area contributed by atoms with Gasteiger partial charge in [0.05, 0.1) is 6.26 Å². The van der Waals surface area contributed by atoms with E-state index in [9.17, 15) is 4.79 Å². The Bertz CT molecular complexity index is 1220. The van der Waals surface area contributed by atoms with Gasteiger partial charge in [0.15, 0.2) is 10.7 Å². The lowest BCUT2D eigenvalue weighted by Crippen LogP contribution is -2.32. The molecule has 144 valence electrons. The molecule has 0 unspecified atom stereocenters. The fourth-order valence-electron chi connectivity index (χ4n) is 2.61. The normalized spacial score (nSPS) is 11.1. The Morgan fingerprint density at radius 1 is 1.14 bits per heavy atom. The average Bonchev–Trinajstić information content (AvgIpc) is 3.35. The number of nitrogens with zero attached hydrogens (tertiary/aromatic N) is 1. The van der Waals surface area contributed by atoms with Crippen LogP contribution in [0.15, 0.2) is 80.2 Å². The van der Waals surface area contributed by atoms with E-state index in [0.717, 1.165) is 10.0 Å². The van der Waals surface area contributed by atoms with E-state index in [4.69, 9.17) is 21.1 Å². The van der Waals surface area contributed by atoms with Crippen molar-refractivity contribution in [3.63, 3.8) is 0 Å². The minimum atomic E-state index is -0.363. The van der Waals surface area contributed by atoms with E-state index in [1.807, 2.05) is 24.3 Å². The fourth-order valence-corrected chi connectivity index (χ4v) is 3.23. The van der Waals surface area contributed by atoms with E-state index in [1.54, 1.807) is 36.4 Å². The van der Waals surface area contributed by atoms with Crippen molar-refractivity contribution in [3.05, 3.63) is 77.2 Å². The van der Waals surface area contributed by atoms with Crippen LogP contribution in [-0.4, -0.2) is 16.0 Å². The minimum Gasteiger partial charge on any atom is -0.465 e. The largest absolute Gasteiger partial charge is 0.465 e. The average molecular weight is 468 g/mol. The highest BCUT2D eigenvalue weighted by Crippen LogP contribution is 2.27. The van der Waals surface area contributed by atoms with Gasteiger partial charge in [0.25, 0.3) is 0 Å². The molecule has 1 amide bonds. The Kier molecular flexibility index (Phi) is 5.55. The van der Waals surface area contributed by atoms with E-state index in [1.165, 1.54) is 12.3 Å².